The van der Waals surface area contributed by atoms with Crippen LogP contribution in [-0.2, 0) is 55.7 Å². The smallest absolute Gasteiger partial charge is 0.303 e. The van der Waals surface area contributed by atoms with E-state index in [1.54, 1.807) is 0 Å². The molecule has 1 aliphatic carbocycles. The number of benzene rings is 2. The van der Waals surface area contributed by atoms with Crippen LogP contribution in [-0.4, -0.2) is 54.9 Å². The molecular formula is C33H40O9. The first-order chi connectivity index (χ1) is 20.0. The molecule has 0 bridgehead atoms. The summed E-state index contributed by atoms with van der Waals surface area (Å²) in [5.74, 6) is -2.15. The van der Waals surface area contributed by atoms with Crippen LogP contribution in [0.1, 0.15) is 92.9 Å². The second-order valence-electron chi connectivity index (χ2n) is 11.1. The largest absolute Gasteiger partial charge is 0.463 e. The molecule has 2 aromatic rings. The Balaban J connectivity index is 1.82. The molecule has 4 rings (SSSR count). The first kappa shape index (κ1) is 31.2. The van der Waals surface area contributed by atoms with Gasteiger partial charge in [-0.1, -0.05) is 43.3 Å². The molecule has 2 aliphatic rings. The maximum atomic E-state index is 12.4. The normalized spacial score (nSPS) is 23.5. The third-order valence-electron chi connectivity index (χ3n) is 7.68. The highest BCUT2D eigenvalue weighted by Gasteiger charge is 2.53. The maximum Gasteiger partial charge on any atom is 0.303 e. The van der Waals surface area contributed by atoms with Gasteiger partial charge < -0.3 is 23.7 Å². The zero-order valence-corrected chi connectivity index (χ0v) is 25.1. The van der Waals surface area contributed by atoms with Crippen molar-refractivity contribution in [3.63, 3.8) is 0 Å². The van der Waals surface area contributed by atoms with Crippen molar-refractivity contribution in [2.75, 3.05) is 6.61 Å². The van der Waals surface area contributed by atoms with Gasteiger partial charge in [0.25, 0.3) is 0 Å². The molecule has 9 heteroatoms. The molecule has 1 aliphatic heterocycles. The molecule has 9 nitrogen and oxygen atoms in total. The Morgan fingerprint density at radius 3 is 1.88 bits per heavy atom. The Morgan fingerprint density at radius 1 is 0.762 bits per heavy atom. The van der Waals surface area contributed by atoms with E-state index in [2.05, 4.69) is 50.2 Å². The lowest BCUT2D eigenvalue weighted by atomic mass is 9.84. The zero-order valence-electron chi connectivity index (χ0n) is 25.1. The molecule has 42 heavy (non-hydrogen) atoms. The van der Waals surface area contributed by atoms with Crippen molar-refractivity contribution < 1.29 is 42.9 Å². The van der Waals surface area contributed by atoms with E-state index >= 15 is 0 Å². The van der Waals surface area contributed by atoms with E-state index < -0.39 is 54.4 Å². The Kier molecular flexibility index (Phi) is 10.0. The fraction of sp³-hybridized carbons (Fsp3) is 0.515. The molecular weight excluding hydrogens is 540 g/mol. The minimum Gasteiger partial charge on any atom is -0.463 e. The van der Waals surface area contributed by atoms with Crippen molar-refractivity contribution in [3.8, 4) is 0 Å². The van der Waals surface area contributed by atoms with E-state index in [0.717, 1.165) is 47.1 Å². The van der Waals surface area contributed by atoms with Gasteiger partial charge in [-0.25, -0.2) is 0 Å². The molecule has 226 valence electrons. The van der Waals surface area contributed by atoms with Gasteiger partial charge in [0.05, 0.1) is 0 Å². The van der Waals surface area contributed by atoms with E-state index in [0.29, 0.717) is 12.3 Å². The number of hydrogen-bond donors (Lipinski definition) is 0. The highest BCUT2D eigenvalue weighted by Crippen LogP contribution is 2.47. The van der Waals surface area contributed by atoms with Gasteiger partial charge in [-0.2, -0.15) is 0 Å². The summed E-state index contributed by atoms with van der Waals surface area (Å²) in [6.07, 6.45) is -1.72. The molecule has 0 amide bonds. The lowest BCUT2D eigenvalue weighted by Crippen LogP contribution is -2.59. The predicted molar refractivity (Wildman–Crippen MR) is 153 cm³/mol. The standard InChI is InChI=1S/C33H40O9/c1-7-23-8-10-24(11-9-23)15-26-16-28(27(14-18(26)2)25-12-13-25)30-32(40-21(5)36)33(41-22(6)37)31(39-20(4)35)29(42-30)17-38-19(3)34/h8-11,14,16,25,29-33H,7,12-13,15,17H2,1-6H3/t29-,30+,31-,32+,33+/m1/s1. The fourth-order valence-electron chi connectivity index (χ4n) is 5.57. The molecule has 0 N–H and O–H groups in total. The van der Waals surface area contributed by atoms with Gasteiger partial charge in [-0.05, 0) is 71.9 Å². The third kappa shape index (κ3) is 7.76. The van der Waals surface area contributed by atoms with Crippen LogP contribution >= 0.6 is 0 Å². The SMILES string of the molecule is CCc1ccc(Cc2cc([C@@H]3O[C@H](COC(C)=O)[C@@H](OC(C)=O)[C@H](OC(C)=O)[C@H]3OC(C)=O)c(C3CC3)cc2C)cc1. The number of carbonyl (C=O) groups excluding carboxylic acids is 4. The highest BCUT2D eigenvalue weighted by molar-refractivity contribution is 5.69. The van der Waals surface area contributed by atoms with Gasteiger partial charge in [0.2, 0.25) is 0 Å². The van der Waals surface area contributed by atoms with Crippen molar-refractivity contribution >= 4 is 23.9 Å². The monoisotopic (exact) mass is 580 g/mol. The lowest BCUT2D eigenvalue weighted by molar-refractivity contribution is -0.254. The Hall–Kier alpha value is -3.72. The second kappa shape index (κ2) is 13.5. The fourth-order valence-corrected chi connectivity index (χ4v) is 5.57. The van der Waals surface area contributed by atoms with E-state index in [4.69, 9.17) is 23.7 Å². The summed E-state index contributed by atoms with van der Waals surface area (Å²) in [5, 5.41) is 0. The van der Waals surface area contributed by atoms with Crippen LogP contribution in [0.3, 0.4) is 0 Å². The average Bonchev–Trinajstić information content (AvgIpc) is 3.76. The van der Waals surface area contributed by atoms with Crippen molar-refractivity contribution in [2.24, 2.45) is 0 Å². The first-order valence-electron chi connectivity index (χ1n) is 14.5. The number of aryl methyl sites for hydroxylation is 2. The van der Waals surface area contributed by atoms with Gasteiger partial charge in [-0.15, -0.1) is 0 Å². The molecule has 0 spiro atoms. The Morgan fingerprint density at radius 2 is 1.33 bits per heavy atom. The van der Waals surface area contributed by atoms with Crippen molar-refractivity contribution in [3.05, 3.63) is 69.8 Å². The van der Waals surface area contributed by atoms with Crippen LogP contribution in [0, 0.1) is 6.92 Å². The van der Waals surface area contributed by atoms with Crippen LogP contribution in [0.2, 0.25) is 0 Å². The molecule has 2 aromatic carbocycles. The van der Waals surface area contributed by atoms with Crippen LogP contribution in [0.25, 0.3) is 0 Å². The van der Waals surface area contributed by atoms with E-state index in [1.807, 2.05) is 0 Å². The van der Waals surface area contributed by atoms with E-state index in [9.17, 15) is 19.2 Å². The van der Waals surface area contributed by atoms with Gasteiger partial charge >= 0.3 is 23.9 Å². The number of ether oxygens (including phenoxy) is 5. The summed E-state index contributed by atoms with van der Waals surface area (Å²) in [6, 6.07) is 12.8. The number of esters is 4. The summed E-state index contributed by atoms with van der Waals surface area (Å²) in [7, 11) is 0. The summed E-state index contributed by atoms with van der Waals surface area (Å²) < 4.78 is 28.8. The van der Waals surface area contributed by atoms with Crippen LogP contribution in [0.4, 0.5) is 0 Å². The quantitative estimate of drug-likeness (QED) is 0.288. The van der Waals surface area contributed by atoms with Crippen molar-refractivity contribution in [2.45, 2.75) is 104 Å². The maximum absolute atomic E-state index is 12.4. The summed E-state index contributed by atoms with van der Waals surface area (Å²) >= 11 is 0. The molecule has 0 radical (unpaired) electrons. The molecule has 0 unspecified atom stereocenters. The highest BCUT2D eigenvalue weighted by atomic mass is 16.7. The van der Waals surface area contributed by atoms with Gasteiger partial charge in [0, 0.05) is 27.7 Å². The molecule has 1 heterocycles. The van der Waals surface area contributed by atoms with Gasteiger partial charge in [-0.3, -0.25) is 19.2 Å². The van der Waals surface area contributed by atoms with Crippen LogP contribution in [0.15, 0.2) is 36.4 Å². The summed E-state index contributed by atoms with van der Waals surface area (Å²) in [4.78, 5) is 48.6. The molecule has 0 aromatic heterocycles. The first-order valence-corrected chi connectivity index (χ1v) is 14.5. The van der Waals surface area contributed by atoms with Crippen LogP contribution < -0.4 is 0 Å². The summed E-state index contributed by atoms with van der Waals surface area (Å²) in [6.45, 7) is 8.91. The third-order valence-corrected chi connectivity index (χ3v) is 7.68. The van der Waals surface area contributed by atoms with Gasteiger partial charge in [0.15, 0.2) is 18.3 Å². The molecule has 5 atom stereocenters. The van der Waals surface area contributed by atoms with E-state index in [-0.39, 0.29) is 6.61 Å². The number of hydrogen-bond acceptors (Lipinski definition) is 9. The predicted octanol–water partition coefficient (Wildman–Crippen LogP) is 4.82. The van der Waals surface area contributed by atoms with E-state index in [1.165, 1.54) is 33.3 Å². The summed E-state index contributed by atoms with van der Waals surface area (Å²) in [5.41, 5.74) is 6.50. The Bertz CT molecular complexity index is 1310. The molecule has 1 saturated heterocycles. The Labute approximate surface area is 246 Å². The lowest BCUT2D eigenvalue weighted by Gasteiger charge is -2.45. The van der Waals surface area contributed by atoms with Gasteiger partial charge in [0.1, 0.15) is 18.8 Å². The van der Waals surface area contributed by atoms with Crippen molar-refractivity contribution in [1.29, 1.82) is 0 Å². The number of rotatable bonds is 10. The zero-order chi connectivity index (χ0) is 30.6. The average molecular weight is 581 g/mol. The molecule has 1 saturated carbocycles. The topological polar surface area (TPSA) is 114 Å². The molecule has 2 fully saturated rings. The van der Waals surface area contributed by atoms with Crippen molar-refractivity contribution in [1.82, 2.24) is 0 Å². The number of carbonyl (C=O) groups is 4. The van der Waals surface area contributed by atoms with Crippen LogP contribution in [0.5, 0.6) is 0 Å². The minimum absolute atomic E-state index is 0.254. The second-order valence-corrected chi connectivity index (χ2v) is 11.1. The minimum atomic E-state index is -1.20.